The molecule has 110 valence electrons. The van der Waals surface area contributed by atoms with Crippen LogP contribution in [0.25, 0.3) is 0 Å². The minimum atomic E-state index is -0.117. The predicted octanol–water partition coefficient (Wildman–Crippen LogP) is 4.71. The van der Waals surface area contributed by atoms with Crippen molar-refractivity contribution in [3.63, 3.8) is 0 Å². The lowest BCUT2D eigenvalue weighted by Gasteiger charge is -2.15. The number of halogens is 2. The molecule has 0 aliphatic heterocycles. The predicted molar refractivity (Wildman–Crippen MR) is 90.7 cm³/mol. The topological polar surface area (TPSA) is 38.3 Å². The van der Waals surface area contributed by atoms with Gasteiger partial charge in [0.15, 0.2) is 0 Å². The highest BCUT2D eigenvalue weighted by Crippen LogP contribution is 2.26. The molecular formula is C16H15Br2NO2. The van der Waals surface area contributed by atoms with Crippen LogP contribution in [0.2, 0.25) is 0 Å². The summed E-state index contributed by atoms with van der Waals surface area (Å²) in [7, 11) is 1.59. The maximum Gasteiger partial charge on any atom is 0.251 e. The Hall–Kier alpha value is -1.33. The largest absolute Gasteiger partial charge is 0.496 e. The van der Waals surface area contributed by atoms with Crippen LogP contribution in [0.5, 0.6) is 5.75 Å². The standard InChI is InChI=1S/C16H15Br2NO2/c1-10(11-3-6-13(17)7-4-11)19-16(20)12-5-8-15(21-2)14(18)9-12/h3-10H,1-2H3,(H,19,20)/t10-/m0/s1. The SMILES string of the molecule is COc1ccc(C(=O)N[C@@H](C)c2ccc(Br)cc2)cc1Br. The first-order valence-electron chi connectivity index (χ1n) is 6.41. The molecule has 0 unspecified atom stereocenters. The van der Waals surface area contributed by atoms with Crippen molar-refractivity contribution in [2.24, 2.45) is 0 Å². The highest BCUT2D eigenvalue weighted by molar-refractivity contribution is 9.10. The fraction of sp³-hybridized carbons (Fsp3) is 0.188. The highest BCUT2D eigenvalue weighted by Gasteiger charge is 2.13. The van der Waals surface area contributed by atoms with Gasteiger partial charge in [0.2, 0.25) is 0 Å². The van der Waals surface area contributed by atoms with Crippen LogP contribution in [0.4, 0.5) is 0 Å². The Bertz CT molecular complexity index is 641. The van der Waals surface area contributed by atoms with Crippen LogP contribution in [0, 0.1) is 0 Å². The molecule has 3 nitrogen and oxygen atoms in total. The summed E-state index contributed by atoms with van der Waals surface area (Å²) in [5, 5.41) is 2.98. The highest BCUT2D eigenvalue weighted by atomic mass is 79.9. The summed E-state index contributed by atoms with van der Waals surface area (Å²) in [6, 6.07) is 13.1. The third-order valence-electron chi connectivity index (χ3n) is 3.13. The van der Waals surface area contributed by atoms with Gasteiger partial charge in [-0.25, -0.2) is 0 Å². The molecule has 0 aliphatic rings. The number of amides is 1. The molecule has 0 aromatic heterocycles. The Morgan fingerprint density at radius 2 is 1.81 bits per heavy atom. The summed E-state index contributed by atoms with van der Waals surface area (Å²) in [5.74, 6) is 0.585. The Kier molecular flexibility index (Phi) is 5.42. The van der Waals surface area contributed by atoms with Crippen LogP contribution in [0.15, 0.2) is 51.4 Å². The summed E-state index contributed by atoms with van der Waals surface area (Å²) in [5.41, 5.74) is 1.64. The van der Waals surface area contributed by atoms with Gasteiger partial charge in [0, 0.05) is 10.0 Å². The Balaban J connectivity index is 2.10. The van der Waals surface area contributed by atoms with E-state index in [2.05, 4.69) is 37.2 Å². The molecule has 5 heteroatoms. The number of hydrogen-bond donors (Lipinski definition) is 1. The monoisotopic (exact) mass is 411 g/mol. The van der Waals surface area contributed by atoms with E-state index in [1.165, 1.54) is 0 Å². The fourth-order valence-electron chi connectivity index (χ4n) is 1.92. The van der Waals surface area contributed by atoms with Crippen molar-refractivity contribution in [3.05, 3.63) is 62.5 Å². The van der Waals surface area contributed by atoms with Crippen molar-refractivity contribution in [1.82, 2.24) is 5.32 Å². The smallest absolute Gasteiger partial charge is 0.251 e. The molecule has 0 saturated heterocycles. The van der Waals surface area contributed by atoms with Crippen LogP contribution in [0.3, 0.4) is 0 Å². The van der Waals surface area contributed by atoms with Gasteiger partial charge in [0.25, 0.3) is 5.91 Å². The maximum atomic E-state index is 12.3. The summed E-state index contributed by atoms with van der Waals surface area (Å²) in [4.78, 5) is 12.3. The summed E-state index contributed by atoms with van der Waals surface area (Å²) in [6.45, 7) is 1.96. The van der Waals surface area contributed by atoms with Gasteiger partial charge in [-0.05, 0) is 58.7 Å². The van der Waals surface area contributed by atoms with E-state index < -0.39 is 0 Å². The molecule has 1 N–H and O–H groups in total. The lowest BCUT2D eigenvalue weighted by Crippen LogP contribution is -2.26. The van der Waals surface area contributed by atoms with Gasteiger partial charge in [-0.1, -0.05) is 28.1 Å². The molecule has 21 heavy (non-hydrogen) atoms. The first-order valence-corrected chi connectivity index (χ1v) is 7.99. The van der Waals surface area contributed by atoms with Crippen LogP contribution in [0.1, 0.15) is 28.9 Å². The van der Waals surface area contributed by atoms with Gasteiger partial charge >= 0.3 is 0 Å². The summed E-state index contributed by atoms with van der Waals surface area (Å²) >= 11 is 6.78. The van der Waals surface area contributed by atoms with Gasteiger partial charge < -0.3 is 10.1 Å². The lowest BCUT2D eigenvalue weighted by atomic mass is 10.1. The Morgan fingerprint density at radius 1 is 1.14 bits per heavy atom. The average molecular weight is 413 g/mol. The number of carbonyl (C=O) groups excluding carboxylic acids is 1. The van der Waals surface area contributed by atoms with Gasteiger partial charge in [-0.2, -0.15) is 0 Å². The first-order chi connectivity index (χ1) is 10.0. The molecular weight excluding hydrogens is 398 g/mol. The Morgan fingerprint density at radius 3 is 2.38 bits per heavy atom. The zero-order valence-corrected chi connectivity index (χ0v) is 14.9. The molecule has 2 aromatic rings. The second kappa shape index (κ2) is 7.09. The molecule has 0 bridgehead atoms. The van der Waals surface area contributed by atoms with Crippen molar-refractivity contribution >= 4 is 37.8 Å². The van der Waals surface area contributed by atoms with Gasteiger partial charge in [0.05, 0.1) is 17.6 Å². The van der Waals surface area contributed by atoms with E-state index in [0.717, 1.165) is 14.5 Å². The molecule has 0 aliphatic carbocycles. The number of hydrogen-bond acceptors (Lipinski definition) is 2. The number of carbonyl (C=O) groups is 1. The Labute approximate surface area is 141 Å². The zero-order valence-electron chi connectivity index (χ0n) is 11.7. The molecule has 2 rings (SSSR count). The number of methoxy groups -OCH3 is 1. The van der Waals surface area contributed by atoms with E-state index in [1.807, 2.05) is 31.2 Å². The number of nitrogens with one attached hydrogen (secondary N) is 1. The van der Waals surface area contributed by atoms with Crippen LogP contribution >= 0.6 is 31.9 Å². The number of benzene rings is 2. The molecule has 1 amide bonds. The van der Waals surface area contributed by atoms with Crippen LogP contribution < -0.4 is 10.1 Å². The molecule has 0 saturated carbocycles. The van der Waals surface area contributed by atoms with E-state index in [9.17, 15) is 4.79 Å². The minimum absolute atomic E-state index is 0.0634. The number of ether oxygens (including phenoxy) is 1. The van der Waals surface area contributed by atoms with Crippen LogP contribution in [-0.4, -0.2) is 13.0 Å². The fourth-order valence-corrected chi connectivity index (χ4v) is 2.73. The maximum absolute atomic E-state index is 12.3. The first kappa shape index (κ1) is 16.0. The van der Waals surface area contributed by atoms with Gasteiger partial charge in [-0.3, -0.25) is 4.79 Å². The molecule has 0 fully saturated rings. The van der Waals surface area contributed by atoms with Gasteiger partial charge in [0.1, 0.15) is 5.75 Å². The van der Waals surface area contributed by atoms with E-state index >= 15 is 0 Å². The third-order valence-corrected chi connectivity index (χ3v) is 4.28. The molecule has 2 aromatic carbocycles. The van der Waals surface area contributed by atoms with E-state index in [4.69, 9.17) is 4.74 Å². The molecule has 1 atom stereocenters. The average Bonchev–Trinajstić information content (AvgIpc) is 2.47. The third kappa shape index (κ3) is 4.08. The zero-order chi connectivity index (χ0) is 15.4. The van der Waals surface area contributed by atoms with Crippen molar-refractivity contribution in [3.8, 4) is 5.75 Å². The number of rotatable bonds is 4. The van der Waals surface area contributed by atoms with Gasteiger partial charge in [-0.15, -0.1) is 0 Å². The lowest BCUT2D eigenvalue weighted by molar-refractivity contribution is 0.0940. The second-order valence-electron chi connectivity index (χ2n) is 4.60. The minimum Gasteiger partial charge on any atom is -0.496 e. The molecule has 0 spiro atoms. The van der Waals surface area contributed by atoms with E-state index in [-0.39, 0.29) is 11.9 Å². The van der Waals surface area contributed by atoms with Crippen molar-refractivity contribution < 1.29 is 9.53 Å². The van der Waals surface area contributed by atoms with E-state index in [0.29, 0.717) is 11.3 Å². The van der Waals surface area contributed by atoms with Crippen molar-refractivity contribution in [2.75, 3.05) is 7.11 Å². The van der Waals surface area contributed by atoms with Crippen LogP contribution in [-0.2, 0) is 0 Å². The molecule has 0 heterocycles. The normalized spacial score (nSPS) is 11.8. The molecule has 0 radical (unpaired) electrons. The summed E-state index contributed by atoms with van der Waals surface area (Å²) in [6.07, 6.45) is 0. The second-order valence-corrected chi connectivity index (χ2v) is 6.37. The summed E-state index contributed by atoms with van der Waals surface area (Å²) < 4.78 is 6.93. The quantitative estimate of drug-likeness (QED) is 0.789. The van der Waals surface area contributed by atoms with Crippen molar-refractivity contribution in [1.29, 1.82) is 0 Å². The van der Waals surface area contributed by atoms with Crippen molar-refractivity contribution in [2.45, 2.75) is 13.0 Å². The van der Waals surface area contributed by atoms with E-state index in [1.54, 1.807) is 25.3 Å².